The van der Waals surface area contributed by atoms with Crippen molar-refractivity contribution in [1.29, 1.82) is 0 Å². The highest BCUT2D eigenvalue weighted by molar-refractivity contribution is 5.72. The van der Waals surface area contributed by atoms with Crippen LogP contribution in [0, 0.1) is 0 Å². The molecule has 0 radical (unpaired) electrons. The average molecular weight is 736 g/mol. The summed E-state index contributed by atoms with van der Waals surface area (Å²) in [5.41, 5.74) is 6.95. The molecule has 1 aliphatic rings. The number of pyridine rings is 1. The normalized spacial score (nSPS) is 13.2. The van der Waals surface area contributed by atoms with Gasteiger partial charge in [-0.2, -0.15) is 0 Å². The van der Waals surface area contributed by atoms with Gasteiger partial charge in [0.05, 0.1) is 55.5 Å². The van der Waals surface area contributed by atoms with E-state index < -0.39 is 0 Å². The Labute approximate surface area is 317 Å². The summed E-state index contributed by atoms with van der Waals surface area (Å²) in [5.74, 6) is 4.28. The number of methoxy groups -OCH3 is 7. The second-order valence-corrected chi connectivity index (χ2v) is 13.1. The SMILES string of the molecule is COc1cc(O)cc(N(Cc2ccc(-c3cc(OC)c(OC)c(OC)c3)cc2)C2CCN(Cc3ccnc(-c4cc(OC)c(OC)c(OC)c4)c3)CC2)c1. The van der Waals surface area contributed by atoms with E-state index in [1.807, 2.05) is 42.6 Å². The molecule has 4 aromatic carbocycles. The number of ether oxygens (including phenoxy) is 7. The smallest absolute Gasteiger partial charge is 0.203 e. The molecule has 0 amide bonds. The van der Waals surface area contributed by atoms with E-state index in [1.54, 1.807) is 55.8 Å². The predicted molar refractivity (Wildman–Crippen MR) is 210 cm³/mol. The van der Waals surface area contributed by atoms with Crippen LogP contribution in [0.2, 0.25) is 0 Å². The van der Waals surface area contributed by atoms with E-state index in [1.165, 1.54) is 5.56 Å². The molecular formula is C43H49N3O8. The predicted octanol–water partition coefficient (Wildman–Crippen LogP) is 7.85. The lowest BCUT2D eigenvalue weighted by Crippen LogP contribution is -2.44. The molecule has 1 N–H and O–H groups in total. The highest BCUT2D eigenvalue weighted by Crippen LogP contribution is 2.42. The second-order valence-electron chi connectivity index (χ2n) is 13.1. The lowest BCUT2D eigenvalue weighted by atomic mass is 9.99. The van der Waals surface area contributed by atoms with Crippen molar-refractivity contribution in [2.75, 3.05) is 67.8 Å². The molecule has 284 valence electrons. The van der Waals surface area contributed by atoms with Crippen LogP contribution in [0.1, 0.15) is 24.0 Å². The first-order chi connectivity index (χ1) is 26.3. The monoisotopic (exact) mass is 735 g/mol. The summed E-state index contributed by atoms with van der Waals surface area (Å²) in [6.07, 6.45) is 3.75. The van der Waals surface area contributed by atoms with Gasteiger partial charge in [-0.3, -0.25) is 9.88 Å². The van der Waals surface area contributed by atoms with Crippen molar-refractivity contribution < 1.29 is 38.3 Å². The van der Waals surface area contributed by atoms with Crippen molar-refractivity contribution in [2.24, 2.45) is 0 Å². The van der Waals surface area contributed by atoms with Crippen LogP contribution in [-0.4, -0.2) is 83.9 Å². The number of nitrogens with zero attached hydrogens (tertiary/aromatic N) is 3. The van der Waals surface area contributed by atoms with Gasteiger partial charge in [0, 0.05) is 67.9 Å². The fourth-order valence-corrected chi connectivity index (χ4v) is 7.14. The van der Waals surface area contributed by atoms with Gasteiger partial charge in [-0.25, -0.2) is 0 Å². The number of hydrogen-bond acceptors (Lipinski definition) is 11. The van der Waals surface area contributed by atoms with E-state index in [4.69, 9.17) is 33.2 Å². The second kappa shape index (κ2) is 17.3. The molecule has 0 aliphatic carbocycles. The number of phenols is 1. The van der Waals surface area contributed by atoms with E-state index in [2.05, 4.69) is 51.2 Å². The summed E-state index contributed by atoms with van der Waals surface area (Å²) in [7, 11) is 11.3. The molecule has 54 heavy (non-hydrogen) atoms. The minimum Gasteiger partial charge on any atom is -0.508 e. The van der Waals surface area contributed by atoms with Crippen LogP contribution in [0.15, 0.2) is 85.1 Å². The summed E-state index contributed by atoms with van der Waals surface area (Å²) in [4.78, 5) is 9.54. The molecular weight excluding hydrogens is 686 g/mol. The van der Waals surface area contributed by atoms with Gasteiger partial charge in [-0.05, 0) is 71.5 Å². The van der Waals surface area contributed by atoms with Gasteiger partial charge >= 0.3 is 0 Å². The maximum Gasteiger partial charge on any atom is 0.203 e. The van der Waals surface area contributed by atoms with E-state index >= 15 is 0 Å². The molecule has 0 bridgehead atoms. The van der Waals surface area contributed by atoms with Crippen LogP contribution in [0.5, 0.6) is 46.0 Å². The molecule has 6 rings (SSSR count). The molecule has 1 aromatic heterocycles. The topological polar surface area (TPSA) is 104 Å². The number of phenolic OH excluding ortho intramolecular Hbond substituents is 1. The van der Waals surface area contributed by atoms with E-state index in [9.17, 15) is 5.11 Å². The lowest BCUT2D eigenvalue weighted by Gasteiger charge is -2.40. The molecule has 0 atom stereocenters. The fraction of sp³-hybridized carbons (Fsp3) is 0.326. The minimum atomic E-state index is 0.171. The number of likely N-dealkylation sites (tertiary alicyclic amines) is 1. The molecule has 0 unspecified atom stereocenters. The largest absolute Gasteiger partial charge is 0.508 e. The molecule has 2 heterocycles. The van der Waals surface area contributed by atoms with E-state index in [0.717, 1.165) is 66.1 Å². The number of anilines is 1. The number of hydrogen-bond donors (Lipinski definition) is 1. The van der Waals surface area contributed by atoms with Crippen molar-refractivity contribution in [1.82, 2.24) is 9.88 Å². The number of aromatic nitrogens is 1. The first-order valence-corrected chi connectivity index (χ1v) is 17.8. The molecule has 1 saturated heterocycles. The van der Waals surface area contributed by atoms with E-state index in [-0.39, 0.29) is 11.8 Å². The van der Waals surface area contributed by atoms with Crippen molar-refractivity contribution in [3.8, 4) is 68.4 Å². The quantitative estimate of drug-likeness (QED) is 0.114. The Balaban J connectivity index is 1.19. The summed E-state index contributed by atoms with van der Waals surface area (Å²) >= 11 is 0. The molecule has 11 heteroatoms. The van der Waals surface area contributed by atoms with Gasteiger partial charge in [0.2, 0.25) is 11.5 Å². The van der Waals surface area contributed by atoms with Crippen LogP contribution in [0.4, 0.5) is 5.69 Å². The highest BCUT2D eigenvalue weighted by Gasteiger charge is 2.26. The van der Waals surface area contributed by atoms with Crippen molar-refractivity contribution in [3.63, 3.8) is 0 Å². The van der Waals surface area contributed by atoms with Gasteiger partial charge in [0.15, 0.2) is 23.0 Å². The van der Waals surface area contributed by atoms with Crippen LogP contribution in [0.3, 0.4) is 0 Å². The average Bonchev–Trinajstić information content (AvgIpc) is 3.21. The summed E-state index contributed by atoms with van der Waals surface area (Å²) in [6, 6.07) is 26.2. The Hall–Kier alpha value is -5.81. The molecule has 0 saturated carbocycles. The standard InChI is InChI=1S/C43H49N3O8/c1-48-36-24-34(23-35(47)25-36)46(27-28-8-10-30(11-9-28)31-19-38(49-2)42(53-6)39(20-31)50-3)33-13-16-45(17-14-33)26-29-12-15-44-37(18-29)32-21-40(51-4)43(54-7)41(22-32)52-5/h8-12,15,18-25,33,47H,13-14,16-17,26-27H2,1-7H3. The summed E-state index contributed by atoms with van der Waals surface area (Å²) in [5, 5.41) is 10.6. The number of benzene rings is 4. The first kappa shape index (κ1) is 37.9. The lowest BCUT2D eigenvalue weighted by molar-refractivity contribution is 0.201. The molecule has 11 nitrogen and oxygen atoms in total. The third kappa shape index (κ3) is 8.36. The Kier molecular flexibility index (Phi) is 12.2. The van der Waals surface area contributed by atoms with Crippen LogP contribution in [-0.2, 0) is 13.1 Å². The van der Waals surface area contributed by atoms with Gasteiger partial charge in [-0.15, -0.1) is 0 Å². The summed E-state index contributed by atoms with van der Waals surface area (Å²) in [6.45, 7) is 3.29. The molecule has 1 aliphatic heterocycles. The zero-order valence-electron chi connectivity index (χ0n) is 32.0. The first-order valence-electron chi connectivity index (χ1n) is 17.8. The highest BCUT2D eigenvalue weighted by atomic mass is 16.5. The van der Waals surface area contributed by atoms with Crippen LogP contribution in [0.25, 0.3) is 22.4 Å². The zero-order chi connectivity index (χ0) is 38.2. The maximum atomic E-state index is 10.6. The maximum absolute atomic E-state index is 10.6. The Morgan fingerprint density at radius 1 is 0.611 bits per heavy atom. The van der Waals surface area contributed by atoms with Crippen molar-refractivity contribution >= 4 is 5.69 Å². The fourth-order valence-electron chi connectivity index (χ4n) is 7.14. The van der Waals surface area contributed by atoms with Gasteiger partial charge in [-0.1, -0.05) is 24.3 Å². The zero-order valence-corrected chi connectivity index (χ0v) is 32.0. The van der Waals surface area contributed by atoms with Crippen molar-refractivity contribution in [3.05, 3.63) is 96.2 Å². The number of rotatable bonds is 15. The third-order valence-electron chi connectivity index (χ3n) is 9.94. The van der Waals surface area contributed by atoms with Gasteiger partial charge < -0.3 is 43.2 Å². The minimum absolute atomic E-state index is 0.171. The van der Waals surface area contributed by atoms with Crippen molar-refractivity contribution in [2.45, 2.75) is 32.0 Å². The van der Waals surface area contributed by atoms with Gasteiger partial charge in [0.1, 0.15) is 11.5 Å². The number of piperidine rings is 1. The van der Waals surface area contributed by atoms with Crippen LogP contribution < -0.4 is 38.1 Å². The molecule has 1 fully saturated rings. The van der Waals surface area contributed by atoms with E-state index in [0.29, 0.717) is 46.8 Å². The third-order valence-corrected chi connectivity index (χ3v) is 9.94. The Bertz CT molecular complexity index is 1980. The number of aromatic hydroxyl groups is 1. The molecule has 0 spiro atoms. The Morgan fingerprint density at radius 2 is 1.19 bits per heavy atom. The molecule has 5 aromatic rings. The van der Waals surface area contributed by atoms with Gasteiger partial charge in [0.25, 0.3) is 0 Å². The Morgan fingerprint density at radius 3 is 1.72 bits per heavy atom. The summed E-state index contributed by atoms with van der Waals surface area (Å²) < 4.78 is 38.9. The van der Waals surface area contributed by atoms with Crippen LogP contribution >= 0.6 is 0 Å².